The summed E-state index contributed by atoms with van der Waals surface area (Å²) < 4.78 is 5.27. The summed E-state index contributed by atoms with van der Waals surface area (Å²) in [5.41, 5.74) is 0. The molecule has 0 aliphatic heterocycles. The van der Waals surface area contributed by atoms with Crippen molar-refractivity contribution in [3.8, 4) is 0 Å². The summed E-state index contributed by atoms with van der Waals surface area (Å²) in [4.78, 5) is 23.6. The van der Waals surface area contributed by atoms with Gasteiger partial charge in [0.25, 0.3) is 0 Å². The van der Waals surface area contributed by atoms with Crippen molar-refractivity contribution in [3.63, 3.8) is 0 Å². The van der Waals surface area contributed by atoms with Crippen LogP contribution in [0.25, 0.3) is 0 Å². The first-order valence-corrected chi connectivity index (χ1v) is 16.2. The summed E-state index contributed by atoms with van der Waals surface area (Å²) >= 11 is 0. The van der Waals surface area contributed by atoms with Crippen molar-refractivity contribution in [1.29, 1.82) is 0 Å². The number of hydrogen-bond donors (Lipinski definition) is 1. The van der Waals surface area contributed by atoms with Crippen LogP contribution in [-0.4, -0.2) is 23.1 Å². The highest BCUT2D eigenvalue weighted by Crippen LogP contribution is 2.15. The molecule has 0 amide bonds. The molecule has 0 bridgehead atoms. The Labute approximate surface area is 230 Å². The van der Waals surface area contributed by atoms with Gasteiger partial charge in [-0.15, -0.1) is 0 Å². The van der Waals surface area contributed by atoms with Gasteiger partial charge in [0.15, 0.2) is 6.10 Å². The largest absolute Gasteiger partial charge is 0.479 e. The van der Waals surface area contributed by atoms with Crippen molar-refractivity contribution < 1.29 is 19.4 Å². The van der Waals surface area contributed by atoms with Gasteiger partial charge < -0.3 is 9.84 Å². The maximum atomic E-state index is 12.1. The van der Waals surface area contributed by atoms with Crippen LogP contribution in [0, 0.1) is 0 Å². The van der Waals surface area contributed by atoms with Crippen LogP contribution in [0.2, 0.25) is 0 Å². The highest BCUT2D eigenvalue weighted by atomic mass is 16.6. The number of carboxylic acid groups (broad SMARTS) is 1. The molecule has 0 heterocycles. The van der Waals surface area contributed by atoms with Crippen LogP contribution in [0.4, 0.5) is 0 Å². The van der Waals surface area contributed by atoms with Crippen molar-refractivity contribution in [2.24, 2.45) is 0 Å². The van der Waals surface area contributed by atoms with Gasteiger partial charge in [-0.1, -0.05) is 142 Å². The second kappa shape index (κ2) is 29.2. The highest BCUT2D eigenvalue weighted by molar-refractivity contribution is 5.77. The molecule has 0 aromatic rings. The molecule has 0 aliphatic rings. The lowest BCUT2D eigenvalue weighted by Gasteiger charge is -2.13. The summed E-state index contributed by atoms with van der Waals surface area (Å²) in [6, 6.07) is 0. The fourth-order valence-corrected chi connectivity index (χ4v) is 4.78. The quantitative estimate of drug-likeness (QED) is 0.0602. The van der Waals surface area contributed by atoms with Crippen molar-refractivity contribution >= 4 is 11.9 Å². The van der Waals surface area contributed by atoms with Crippen LogP contribution in [0.3, 0.4) is 0 Å². The van der Waals surface area contributed by atoms with E-state index in [0.717, 1.165) is 38.5 Å². The first kappa shape index (κ1) is 35.7. The Kier molecular flexibility index (Phi) is 28.2. The first-order chi connectivity index (χ1) is 18.1. The summed E-state index contributed by atoms with van der Waals surface area (Å²) in [6.07, 6.45) is 33.8. The summed E-state index contributed by atoms with van der Waals surface area (Å²) in [7, 11) is 0. The van der Waals surface area contributed by atoms with E-state index in [1.165, 1.54) is 116 Å². The van der Waals surface area contributed by atoms with Gasteiger partial charge in [-0.25, -0.2) is 4.79 Å². The van der Waals surface area contributed by atoms with E-state index in [2.05, 4.69) is 26.0 Å². The Morgan fingerprint density at radius 2 is 0.946 bits per heavy atom. The van der Waals surface area contributed by atoms with Gasteiger partial charge in [-0.2, -0.15) is 0 Å². The van der Waals surface area contributed by atoms with Crippen LogP contribution in [0.5, 0.6) is 0 Å². The zero-order chi connectivity index (χ0) is 27.2. The van der Waals surface area contributed by atoms with E-state index < -0.39 is 12.1 Å². The highest BCUT2D eigenvalue weighted by Gasteiger charge is 2.21. The molecule has 0 radical (unpaired) electrons. The van der Waals surface area contributed by atoms with Gasteiger partial charge in [0.05, 0.1) is 0 Å². The van der Waals surface area contributed by atoms with Crippen molar-refractivity contribution in [2.75, 3.05) is 0 Å². The Morgan fingerprint density at radius 3 is 1.38 bits per heavy atom. The third kappa shape index (κ3) is 27.5. The third-order valence-corrected chi connectivity index (χ3v) is 7.26. The fourth-order valence-electron chi connectivity index (χ4n) is 4.78. The lowest BCUT2D eigenvalue weighted by Crippen LogP contribution is -2.27. The van der Waals surface area contributed by atoms with E-state index in [9.17, 15) is 14.7 Å². The third-order valence-electron chi connectivity index (χ3n) is 7.26. The van der Waals surface area contributed by atoms with E-state index in [1.54, 1.807) is 0 Å². The predicted molar refractivity (Wildman–Crippen MR) is 158 cm³/mol. The Balaban J connectivity index is 3.57. The Morgan fingerprint density at radius 1 is 0.568 bits per heavy atom. The van der Waals surface area contributed by atoms with Crippen LogP contribution in [-0.2, 0) is 14.3 Å². The average molecular weight is 523 g/mol. The van der Waals surface area contributed by atoms with E-state index >= 15 is 0 Å². The number of allylic oxidation sites excluding steroid dienone is 2. The van der Waals surface area contributed by atoms with E-state index in [0.29, 0.717) is 12.8 Å². The number of aliphatic carboxylic acids is 1. The second-order valence-corrected chi connectivity index (χ2v) is 11.0. The van der Waals surface area contributed by atoms with E-state index in [-0.39, 0.29) is 5.97 Å². The van der Waals surface area contributed by atoms with Gasteiger partial charge >= 0.3 is 11.9 Å². The average Bonchev–Trinajstić information content (AvgIpc) is 2.88. The van der Waals surface area contributed by atoms with Gasteiger partial charge in [0, 0.05) is 6.42 Å². The molecule has 1 N–H and O–H groups in total. The molecule has 0 aromatic carbocycles. The molecule has 0 saturated carbocycles. The molecule has 0 aliphatic carbocycles. The topological polar surface area (TPSA) is 63.6 Å². The van der Waals surface area contributed by atoms with E-state index in [1.807, 2.05) is 0 Å². The molecule has 0 aromatic heterocycles. The number of carbonyl (C=O) groups excluding carboxylic acids is 1. The molecule has 37 heavy (non-hydrogen) atoms. The lowest BCUT2D eigenvalue weighted by molar-refractivity contribution is -0.164. The summed E-state index contributed by atoms with van der Waals surface area (Å²) in [5.74, 6) is -1.36. The summed E-state index contributed by atoms with van der Waals surface area (Å²) in [6.45, 7) is 4.50. The minimum Gasteiger partial charge on any atom is -0.479 e. The lowest BCUT2D eigenvalue weighted by atomic mass is 10.0. The van der Waals surface area contributed by atoms with E-state index in [4.69, 9.17) is 4.74 Å². The number of carboxylic acids is 1. The van der Waals surface area contributed by atoms with Crippen LogP contribution in [0.15, 0.2) is 12.2 Å². The number of unbranched alkanes of at least 4 members (excludes halogenated alkanes) is 21. The first-order valence-electron chi connectivity index (χ1n) is 16.2. The van der Waals surface area contributed by atoms with Crippen LogP contribution in [0.1, 0.15) is 181 Å². The maximum Gasteiger partial charge on any atom is 0.345 e. The molecular formula is C33H62O4. The van der Waals surface area contributed by atoms with Crippen molar-refractivity contribution in [2.45, 2.75) is 187 Å². The molecular weight excluding hydrogens is 460 g/mol. The zero-order valence-corrected chi connectivity index (χ0v) is 24.8. The second-order valence-electron chi connectivity index (χ2n) is 11.0. The molecule has 0 saturated heterocycles. The van der Waals surface area contributed by atoms with Gasteiger partial charge in [0.2, 0.25) is 0 Å². The maximum absolute atomic E-state index is 12.1. The minimum absolute atomic E-state index is 0.336. The SMILES string of the molecule is CCCCCCCC/C=C\CCCCCCCCC(=O)OC(CCCCCCCCCCCC)C(=O)O. The minimum atomic E-state index is -1.01. The smallest absolute Gasteiger partial charge is 0.345 e. The fraction of sp³-hybridized carbons (Fsp3) is 0.879. The molecule has 0 rings (SSSR count). The van der Waals surface area contributed by atoms with Crippen LogP contribution >= 0.6 is 0 Å². The number of hydrogen-bond acceptors (Lipinski definition) is 3. The van der Waals surface area contributed by atoms with Crippen LogP contribution < -0.4 is 0 Å². The van der Waals surface area contributed by atoms with Crippen molar-refractivity contribution in [3.05, 3.63) is 12.2 Å². The molecule has 1 unspecified atom stereocenters. The molecule has 4 nitrogen and oxygen atoms in total. The molecule has 0 fully saturated rings. The number of rotatable bonds is 29. The predicted octanol–water partition coefficient (Wildman–Crippen LogP) is 10.7. The number of esters is 1. The monoisotopic (exact) mass is 522 g/mol. The molecule has 218 valence electrons. The number of carbonyl (C=O) groups is 2. The standard InChI is InChI=1S/C33H62O4/c1-3-5-7-9-11-13-15-16-17-18-19-20-22-24-26-28-30-32(34)37-31(33(35)36)29-27-25-23-21-14-12-10-8-6-4-2/h16-17,31H,3-15,18-30H2,1-2H3,(H,35,36)/b17-16-. The normalized spacial score (nSPS) is 12.3. The Hall–Kier alpha value is -1.32. The number of ether oxygens (including phenoxy) is 1. The van der Waals surface area contributed by atoms with Gasteiger partial charge in [0.1, 0.15) is 0 Å². The molecule has 1 atom stereocenters. The molecule has 4 heteroatoms. The van der Waals surface area contributed by atoms with Gasteiger partial charge in [-0.05, 0) is 44.9 Å². The molecule has 0 spiro atoms. The summed E-state index contributed by atoms with van der Waals surface area (Å²) in [5, 5.41) is 9.40. The van der Waals surface area contributed by atoms with Gasteiger partial charge in [-0.3, -0.25) is 4.79 Å². The zero-order valence-electron chi connectivity index (χ0n) is 24.8. The van der Waals surface area contributed by atoms with Crippen molar-refractivity contribution in [1.82, 2.24) is 0 Å². The Bertz CT molecular complexity index is 528.